The molecule has 35 heavy (non-hydrogen) atoms. The summed E-state index contributed by atoms with van der Waals surface area (Å²) in [4.78, 5) is 37.0. The molecular formula is C26H23N2O7-. The van der Waals surface area contributed by atoms with Crippen LogP contribution in [0.25, 0.3) is 6.08 Å². The van der Waals surface area contributed by atoms with Gasteiger partial charge in [-0.2, -0.15) is 0 Å². The summed E-state index contributed by atoms with van der Waals surface area (Å²) >= 11 is 0. The topological polar surface area (TPSA) is 126 Å². The summed E-state index contributed by atoms with van der Waals surface area (Å²) in [7, 11) is 2.94. The zero-order valence-electron chi connectivity index (χ0n) is 19.1. The van der Waals surface area contributed by atoms with Gasteiger partial charge in [-0.15, -0.1) is 0 Å². The van der Waals surface area contributed by atoms with Crippen LogP contribution in [0.5, 0.6) is 17.2 Å². The predicted molar refractivity (Wildman–Crippen MR) is 128 cm³/mol. The maximum atomic E-state index is 13.2. The Morgan fingerprint density at radius 2 is 1.26 bits per heavy atom. The molecule has 3 aromatic rings. The number of anilines is 2. The van der Waals surface area contributed by atoms with Crippen molar-refractivity contribution in [2.45, 2.75) is 0 Å². The lowest BCUT2D eigenvalue weighted by atomic mass is 10.1. The molecule has 0 bridgehead atoms. The summed E-state index contributed by atoms with van der Waals surface area (Å²) in [5, 5.41) is 16.0. The van der Waals surface area contributed by atoms with E-state index in [2.05, 4.69) is 10.6 Å². The van der Waals surface area contributed by atoms with Gasteiger partial charge in [0.1, 0.15) is 29.4 Å². The fraction of sp³-hybridized carbons (Fsp3) is 0.115. The number of aliphatic carboxylic acids is 1. The second kappa shape index (κ2) is 11.9. The van der Waals surface area contributed by atoms with Crippen molar-refractivity contribution in [2.24, 2.45) is 0 Å². The lowest BCUT2D eigenvalue weighted by Crippen LogP contribution is -2.28. The van der Waals surface area contributed by atoms with Crippen LogP contribution in [-0.4, -0.2) is 38.6 Å². The van der Waals surface area contributed by atoms with Crippen molar-refractivity contribution in [1.29, 1.82) is 0 Å². The highest BCUT2D eigenvalue weighted by molar-refractivity contribution is 6.29. The molecular weight excluding hydrogens is 452 g/mol. The minimum atomic E-state index is -1.35. The van der Waals surface area contributed by atoms with Crippen LogP contribution in [0.3, 0.4) is 0 Å². The van der Waals surface area contributed by atoms with Crippen molar-refractivity contribution in [1.82, 2.24) is 0 Å². The van der Waals surface area contributed by atoms with E-state index < -0.39 is 24.4 Å². The number of methoxy groups -OCH3 is 2. The molecule has 3 rings (SSSR count). The molecule has 0 saturated carbocycles. The number of hydrogen-bond donors (Lipinski definition) is 2. The highest BCUT2D eigenvalue weighted by atomic mass is 16.5. The lowest BCUT2D eigenvalue weighted by Gasteiger charge is -2.14. The van der Waals surface area contributed by atoms with Gasteiger partial charge in [-0.25, -0.2) is 0 Å². The number of para-hydroxylation sites is 4. The first kappa shape index (κ1) is 24.8. The molecule has 0 aliphatic rings. The summed E-state index contributed by atoms with van der Waals surface area (Å²) in [6.07, 6.45) is 1.40. The number of hydrogen-bond acceptors (Lipinski definition) is 7. The number of amides is 2. The third-order valence-electron chi connectivity index (χ3n) is 4.75. The molecule has 0 aromatic heterocycles. The van der Waals surface area contributed by atoms with Crippen molar-refractivity contribution >= 4 is 35.2 Å². The van der Waals surface area contributed by atoms with Crippen molar-refractivity contribution in [3.63, 3.8) is 0 Å². The molecule has 0 heterocycles. The Hall–Kier alpha value is -4.79. The summed E-state index contributed by atoms with van der Waals surface area (Å²) in [5.74, 6) is -1.53. The minimum absolute atomic E-state index is 0.190. The van der Waals surface area contributed by atoms with Crippen LogP contribution >= 0.6 is 0 Å². The molecule has 0 aliphatic carbocycles. The van der Waals surface area contributed by atoms with Crippen LogP contribution in [-0.2, 0) is 14.4 Å². The van der Waals surface area contributed by atoms with Crippen LogP contribution < -0.4 is 30.0 Å². The first-order valence-electron chi connectivity index (χ1n) is 10.4. The number of carboxylic acid groups (broad SMARTS) is 1. The zero-order valence-corrected chi connectivity index (χ0v) is 19.1. The van der Waals surface area contributed by atoms with E-state index in [9.17, 15) is 19.5 Å². The molecule has 0 fully saturated rings. The Labute approximate surface area is 201 Å². The molecule has 0 unspecified atom stereocenters. The van der Waals surface area contributed by atoms with Gasteiger partial charge in [-0.05, 0) is 48.0 Å². The monoisotopic (exact) mass is 475 g/mol. The highest BCUT2D eigenvalue weighted by Gasteiger charge is 2.21. The van der Waals surface area contributed by atoms with Crippen LogP contribution in [0, 0.1) is 0 Å². The van der Waals surface area contributed by atoms with Crippen molar-refractivity contribution in [2.75, 3.05) is 31.5 Å². The number of carboxylic acids is 1. The van der Waals surface area contributed by atoms with Gasteiger partial charge in [0.15, 0.2) is 0 Å². The Kier molecular flexibility index (Phi) is 8.44. The summed E-state index contributed by atoms with van der Waals surface area (Å²) < 4.78 is 15.6. The van der Waals surface area contributed by atoms with Gasteiger partial charge in [0, 0.05) is 0 Å². The van der Waals surface area contributed by atoms with Gasteiger partial charge in [0.05, 0.1) is 31.6 Å². The van der Waals surface area contributed by atoms with E-state index in [-0.39, 0.29) is 5.57 Å². The maximum absolute atomic E-state index is 13.2. The van der Waals surface area contributed by atoms with Crippen molar-refractivity contribution < 1.29 is 33.7 Å². The molecule has 0 radical (unpaired) electrons. The summed E-state index contributed by atoms with van der Waals surface area (Å²) in [6, 6.07) is 19.8. The van der Waals surface area contributed by atoms with Crippen LogP contribution in [0.1, 0.15) is 5.56 Å². The van der Waals surface area contributed by atoms with Gasteiger partial charge >= 0.3 is 0 Å². The van der Waals surface area contributed by atoms with Crippen molar-refractivity contribution in [3.05, 3.63) is 83.9 Å². The smallest absolute Gasteiger partial charge is 0.261 e. The van der Waals surface area contributed by atoms with Crippen LogP contribution in [0.15, 0.2) is 78.4 Å². The Morgan fingerprint density at radius 1 is 0.771 bits per heavy atom. The first-order valence-corrected chi connectivity index (χ1v) is 10.4. The number of nitrogens with one attached hydrogen (secondary N) is 2. The minimum Gasteiger partial charge on any atom is -0.546 e. The fourth-order valence-electron chi connectivity index (χ4n) is 3.08. The molecule has 180 valence electrons. The van der Waals surface area contributed by atoms with E-state index in [1.165, 1.54) is 32.4 Å². The van der Waals surface area contributed by atoms with Crippen LogP contribution in [0.4, 0.5) is 11.4 Å². The molecule has 0 atom stereocenters. The number of benzene rings is 3. The average Bonchev–Trinajstić information content (AvgIpc) is 2.87. The van der Waals surface area contributed by atoms with Gasteiger partial charge in [-0.1, -0.05) is 36.4 Å². The van der Waals surface area contributed by atoms with E-state index in [0.717, 1.165) is 0 Å². The Bertz CT molecular complexity index is 1170. The molecule has 2 N–H and O–H groups in total. The second-order valence-corrected chi connectivity index (χ2v) is 7.10. The summed E-state index contributed by atoms with van der Waals surface area (Å²) in [6.45, 7) is -0.594. The van der Waals surface area contributed by atoms with Gasteiger partial charge in [-0.3, -0.25) is 9.59 Å². The number of carbonyl (C=O) groups excluding carboxylic acids is 3. The quantitative estimate of drug-likeness (QED) is 0.262. The molecule has 2 amide bonds. The average molecular weight is 475 g/mol. The normalized spacial score (nSPS) is 10.0. The first-order chi connectivity index (χ1) is 16.9. The number of ether oxygens (including phenoxy) is 3. The second-order valence-electron chi connectivity index (χ2n) is 7.10. The fourth-order valence-corrected chi connectivity index (χ4v) is 3.08. The van der Waals surface area contributed by atoms with E-state index in [0.29, 0.717) is 34.2 Å². The molecule has 0 saturated heterocycles. The maximum Gasteiger partial charge on any atom is 0.261 e. The predicted octanol–water partition coefficient (Wildman–Crippen LogP) is 2.49. The SMILES string of the molecule is COc1ccccc1NC(=O)C(=Cc1ccc(OCC(=O)[O-])cc1)C(=O)Nc1ccccc1OC. The molecule has 0 spiro atoms. The number of rotatable bonds is 10. The van der Waals surface area contributed by atoms with Gasteiger partial charge in [0.25, 0.3) is 11.8 Å². The standard InChI is InChI=1S/C26H24N2O7/c1-33-22-9-5-3-7-20(22)27-25(31)19(26(32)28-21-8-4-6-10-23(21)34-2)15-17-11-13-18(14-12-17)35-16-24(29)30/h3-15H,16H2,1-2H3,(H,27,31)(H,28,32)(H,29,30)/p-1. The van der Waals surface area contributed by atoms with Crippen LogP contribution in [0.2, 0.25) is 0 Å². The molecule has 0 aliphatic heterocycles. The highest BCUT2D eigenvalue weighted by Crippen LogP contribution is 2.26. The zero-order chi connectivity index (χ0) is 25.2. The van der Waals surface area contributed by atoms with E-state index in [1.807, 2.05) is 0 Å². The van der Waals surface area contributed by atoms with Gasteiger partial charge < -0.3 is 34.7 Å². The van der Waals surface area contributed by atoms with Gasteiger partial charge in [0.2, 0.25) is 0 Å². The lowest BCUT2D eigenvalue weighted by molar-refractivity contribution is -0.307. The molecule has 9 heteroatoms. The third kappa shape index (κ3) is 6.84. The van der Waals surface area contributed by atoms with E-state index >= 15 is 0 Å². The third-order valence-corrected chi connectivity index (χ3v) is 4.75. The molecule has 3 aromatic carbocycles. The largest absolute Gasteiger partial charge is 0.546 e. The van der Waals surface area contributed by atoms with Crippen molar-refractivity contribution in [3.8, 4) is 17.2 Å². The van der Waals surface area contributed by atoms with E-state index in [4.69, 9.17) is 14.2 Å². The van der Waals surface area contributed by atoms with E-state index in [1.54, 1.807) is 60.7 Å². The summed E-state index contributed by atoms with van der Waals surface area (Å²) in [5.41, 5.74) is 1.10. The number of carbonyl (C=O) groups is 3. The Balaban J connectivity index is 1.92. The Morgan fingerprint density at radius 3 is 1.71 bits per heavy atom. The molecule has 9 nitrogen and oxygen atoms in total.